The van der Waals surface area contributed by atoms with E-state index >= 15 is 0 Å². The molecule has 0 spiro atoms. The first kappa shape index (κ1) is 14.0. The van der Waals surface area contributed by atoms with Crippen molar-refractivity contribution in [2.75, 3.05) is 13.2 Å². The van der Waals surface area contributed by atoms with E-state index in [2.05, 4.69) is 14.9 Å². The Morgan fingerprint density at radius 3 is 2.71 bits per heavy atom. The third-order valence-electron chi connectivity index (χ3n) is 1.99. The Hall–Kier alpha value is -1.11. The zero-order valence-electron chi connectivity index (χ0n) is 9.87. The summed E-state index contributed by atoms with van der Waals surface area (Å²) in [6, 6.07) is 0. The fourth-order valence-corrected chi connectivity index (χ4v) is 1.37. The normalized spacial score (nSPS) is 12.4. The van der Waals surface area contributed by atoms with Crippen molar-refractivity contribution in [2.45, 2.75) is 33.0 Å². The maximum absolute atomic E-state index is 11.8. The molecule has 0 fully saturated rings. The summed E-state index contributed by atoms with van der Waals surface area (Å²) < 4.78 is 41.8. The third-order valence-corrected chi connectivity index (χ3v) is 1.99. The number of alkyl halides is 3. The van der Waals surface area contributed by atoms with Crippen molar-refractivity contribution >= 4 is 0 Å². The maximum atomic E-state index is 11.8. The molecule has 98 valence electrons. The molecule has 0 aromatic carbocycles. The maximum Gasteiger partial charge on any atom is 0.411 e. The fourth-order valence-electron chi connectivity index (χ4n) is 1.37. The quantitative estimate of drug-likeness (QED) is 0.726. The lowest BCUT2D eigenvalue weighted by molar-refractivity contribution is -0.173. The van der Waals surface area contributed by atoms with Crippen molar-refractivity contribution in [3.8, 4) is 0 Å². The predicted molar refractivity (Wildman–Crippen MR) is 55.4 cm³/mol. The molecule has 0 aliphatic heterocycles. The van der Waals surface area contributed by atoms with Crippen LogP contribution in [-0.4, -0.2) is 34.2 Å². The highest BCUT2D eigenvalue weighted by Crippen LogP contribution is 2.14. The van der Waals surface area contributed by atoms with E-state index in [1.165, 1.54) is 0 Å². The minimum Gasteiger partial charge on any atom is -0.372 e. The molecule has 0 aliphatic carbocycles. The Morgan fingerprint density at radius 1 is 1.41 bits per heavy atom. The van der Waals surface area contributed by atoms with E-state index in [1.807, 2.05) is 18.4 Å². The van der Waals surface area contributed by atoms with Crippen molar-refractivity contribution in [3.05, 3.63) is 12.2 Å². The lowest BCUT2D eigenvalue weighted by atomic mass is 10.2. The molecule has 0 atom stereocenters. The second kappa shape index (κ2) is 6.00. The first-order valence-electron chi connectivity index (χ1n) is 5.39. The van der Waals surface area contributed by atoms with Crippen molar-refractivity contribution in [1.29, 1.82) is 0 Å². The number of hydrogen-bond donors (Lipinski definition) is 0. The molecule has 0 amide bonds. The number of nitrogens with zero attached hydrogens (tertiary/aromatic N) is 3. The molecule has 0 bridgehead atoms. The van der Waals surface area contributed by atoms with Crippen LogP contribution in [-0.2, 0) is 17.7 Å². The molecule has 1 heterocycles. The van der Waals surface area contributed by atoms with Gasteiger partial charge in [0.2, 0.25) is 0 Å². The summed E-state index contributed by atoms with van der Waals surface area (Å²) in [5.74, 6) is 1.08. The molecule has 0 aliphatic rings. The summed E-state index contributed by atoms with van der Waals surface area (Å²) in [6.07, 6.45) is -2.35. The highest BCUT2D eigenvalue weighted by molar-refractivity contribution is 4.86. The van der Waals surface area contributed by atoms with Crippen molar-refractivity contribution in [3.63, 3.8) is 0 Å². The number of halogens is 3. The lowest BCUT2D eigenvalue weighted by Crippen LogP contribution is -2.18. The topological polar surface area (TPSA) is 39.9 Å². The van der Waals surface area contributed by atoms with Crippen LogP contribution in [0.15, 0.2) is 6.33 Å². The van der Waals surface area contributed by atoms with E-state index < -0.39 is 12.8 Å². The zero-order chi connectivity index (χ0) is 12.9. The van der Waals surface area contributed by atoms with E-state index in [1.54, 1.807) is 6.33 Å². The first-order chi connectivity index (χ1) is 7.88. The SMILES string of the molecule is CC(C)Cn1cnnc1CCOCC(F)(F)F. The molecule has 1 rings (SSSR count). The number of rotatable bonds is 6. The van der Waals surface area contributed by atoms with E-state index in [0.29, 0.717) is 18.2 Å². The highest BCUT2D eigenvalue weighted by atomic mass is 19.4. The first-order valence-corrected chi connectivity index (χ1v) is 5.39. The minimum absolute atomic E-state index is 0.00367. The largest absolute Gasteiger partial charge is 0.411 e. The molecule has 4 nitrogen and oxygen atoms in total. The van der Waals surface area contributed by atoms with Crippen LogP contribution in [0, 0.1) is 5.92 Å². The minimum atomic E-state index is -4.27. The molecule has 0 saturated carbocycles. The van der Waals surface area contributed by atoms with Gasteiger partial charge in [0, 0.05) is 13.0 Å². The number of ether oxygens (including phenoxy) is 1. The van der Waals surface area contributed by atoms with Crippen molar-refractivity contribution < 1.29 is 17.9 Å². The van der Waals surface area contributed by atoms with Crippen LogP contribution in [0.25, 0.3) is 0 Å². The van der Waals surface area contributed by atoms with Crippen LogP contribution in [0.3, 0.4) is 0 Å². The smallest absolute Gasteiger partial charge is 0.372 e. The molecule has 0 saturated heterocycles. The van der Waals surface area contributed by atoms with Gasteiger partial charge in [0.05, 0.1) is 6.61 Å². The monoisotopic (exact) mass is 251 g/mol. The summed E-state index contributed by atoms with van der Waals surface area (Å²) in [6.45, 7) is 3.62. The van der Waals surface area contributed by atoms with Gasteiger partial charge in [-0.1, -0.05) is 13.8 Å². The average molecular weight is 251 g/mol. The van der Waals surface area contributed by atoms with Gasteiger partial charge >= 0.3 is 6.18 Å². The second-order valence-corrected chi connectivity index (χ2v) is 4.21. The van der Waals surface area contributed by atoms with Crippen LogP contribution in [0.4, 0.5) is 13.2 Å². The van der Waals surface area contributed by atoms with Crippen molar-refractivity contribution in [1.82, 2.24) is 14.8 Å². The van der Waals surface area contributed by atoms with Gasteiger partial charge in [0.15, 0.2) is 0 Å². The molecule has 0 radical (unpaired) electrons. The predicted octanol–water partition coefficient (Wildman–Crippen LogP) is 2.06. The molecule has 1 aromatic heterocycles. The zero-order valence-corrected chi connectivity index (χ0v) is 9.87. The van der Waals surface area contributed by atoms with E-state index in [-0.39, 0.29) is 6.61 Å². The summed E-state index contributed by atoms with van der Waals surface area (Å²) in [4.78, 5) is 0. The Morgan fingerprint density at radius 2 is 2.12 bits per heavy atom. The number of hydrogen-bond acceptors (Lipinski definition) is 3. The molecular formula is C10H16F3N3O. The third kappa shape index (κ3) is 5.67. The molecule has 0 N–H and O–H groups in total. The van der Waals surface area contributed by atoms with Gasteiger partial charge in [-0.2, -0.15) is 13.2 Å². The van der Waals surface area contributed by atoms with Crippen molar-refractivity contribution in [2.24, 2.45) is 5.92 Å². The van der Waals surface area contributed by atoms with Gasteiger partial charge in [-0.3, -0.25) is 0 Å². The Kier molecular flexibility index (Phi) is 4.92. The highest BCUT2D eigenvalue weighted by Gasteiger charge is 2.27. The second-order valence-electron chi connectivity index (χ2n) is 4.21. The van der Waals surface area contributed by atoms with Crippen LogP contribution < -0.4 is 0 Å². The van der Waals surface area contributed by atoms with Gasteiger partial charge in [-0.25, -0.2) is 0 Å². The van der Waals surface area contributed by atoms with E-state index in [0.717, 1.165) is 6.54 Å². The van der Waals surface area contributed by atoms with E-state index in [9.17, 15) is 13.2 Å². The Bertz CT molecular complexity index is 336. The van der Waals surface area contributed by atoms with E-state index in [4.69, 9.17) is 0 Å². The van der Waals surface area contributed by atoms with Gasteiger partial charge in [-0.05, 0) is 5.92 Å². The van der Waals surface area contributed by atoms with Gasteiger partial charge in [0.25, 0.3) is 0 Å². The summed E-state index contributed by atoms with van der Waals surface area (Å²) in [5.41, 5.74) is 0. The van der Waals surface area contributed by atoms with Crippen LogP contribution in [0.5, 0.6) is 0 Å². The van der Waals surface area contributed by atoms with Gasteiger partial charge < -0.3 is 9.30 Å². The standard InChI is InChI=1S/C10H16F3N3O/c1-8(2)5-16-7-14-15-9(16)3-4-17-6-10(11,12)13/h7-8H,3-6H2,1-2H3. The molecular weight excluding hydrogens is 235 g/mol. The van der Waals surface area contributed by atoms with Crippen LogP contribution in [0.2, 0.25) is 0 Å². The van der Waals surface area contributed by atoms with Gasteiger partial charge in [-0.15, -0.1) is 10.2 Å². The van der Waals surface area contributed by atoms with Crippen LogP contribution >= 0.6 is 0 Å². The molecule has 0 unspecified atom stereocenters. The summed E-state index contributed by atoms with van der Waals surface area (Å²) >= 11 is 0. The summed E-state index contributed by atoms with van der Waals surface area (Å²) in [5, 5.41) is 7.59. The molecule has 17 heavy (non-hydrogen) atoms. The molecule has 7 heteroatoms. The average Bonchev–Trinajstić information content (AvgIpc) is 2.58. The fraction of sp³-hybridized carbons (Fsp3) is 0.800. The Balaban J connectivity index is 2.34. The Labute approximate surface area is 97.8 Å². The molecule has 1 aromatic rings. The summed E-state index contributed by atoms with van der Waals surface area (Å²) in [7, 11) is 0. The van der Waals surface area contributed by atoms with Gasteiger partial charge in [0.1, 0.15) is 18.8 Å². The lowest BCUT2D eigenvalue weighted by Gasteiger charge is -2.10. The number of aromatic nitrogens is 3. The van der Waals surface area contributed by atoms with Crippen LogP contribution in [0.1, 0.15) is 19.7 Å².